The Kier molecular flexibility index (Phi) is 7.90. The Bertz CT molecular complexity index is 2590. The number of nitrogens with zero attached hydrogens (tertiary/aromatic N) is 4. The van der Waals surface area contributed by atoms with Gasteiger partial charge in [0.2, 0.25) is 0 Å². The van der Waals surface area contributed by atoms with Gasteiger partial charge in [-0.2, -0.15) is 0 Å². The lowest BCUT2D eigenvalue weighted by molar-refractivity contribution is 0.0686. The molecular weight excluding hydrogens is 640 g/mol. The molecule has 0 unspecified atom stereocenters. The van der Waals surface area contributed by atoms with Crippen molar-refractivity contribution in [1.29, 1.82) is 0 Å². The van der Waals surface area contributed by atoms with E-state index in [1.165, 1.54) is 24.3 Å². The molecular formula is C42H26N4O5. The Morgan fingerprint density at radius 3 is 1.08 bits per heavy atom. The first-order valence-electron chi connectivity index (χ1n) is 16.0. The number of fused-ring (bicyclic) bond motifs is 2. The van der Waals surface area contributed by atoms with E-state index in [9.17, 15) is 19.8 Å². The first-order chi connectivity index (χ1) is 24.9. The van der Waals surface area contributed by atoms with Crippen LogP contribution in [0.4, 0.5) is 0 Å². The SMILES string of the molecule is O=C(O)c1ccc2nc(-c3ccc(Oc4ccc(-c5nc6cc(C(=O)O)ccc6nc5-c5ccccc5)cc4)cc3)c(-c3ccccc3)nc2c1. The highest BCUT2D eigenvalue weighted by Gasteiger charge is 2.17. The lowest BCUT2D eigenvalue weighted by Crippen LogP contribution is -1.99. The van der Waals surface area contributed by atoms with Crippen LogP contribution in [-0.4, -0.2) is 42.1 Å². The maximum absolute atomic E-state index is 11.6. The van der Waals surface area contributed by atoms with Crippen molar-refractivity contribution in [3.05, 3.63) is 157 Å². The summed E-state index contributed by atoms with van der Waals surface area (Å²) in [6, 6.07) is 43.9. The van der Waals surface area contributed by atoms with E-state index in [-0.39, 0.29) is 11.1 Å². The summed E-state index contributed by atoms with van der Waals surface area (Å²) in [7, 11) is 0. The molecule has 0 atom stereocenters. The summed E-state index contributed by atoms with van der Waals surface area (Å²) in [5.41, 5.74) is 8.44. The van der Waals surface area contributed by atoms with E-state index >= 15 is 0 Å². The van der Waals surface area contributed by atoms with Gasteiger partial charge in [-0.3, -0.25) is 0 Å². The summed E-state index contributed by atoms with van der Waals surface area (Å²) in [6.07, 6.45) is 0. The van der Waals surface area contributed by atoms with Crippen LogP contribution in [0.3, 0.4) is 0 Å². The minimum Gasteiger partial charge on any atom is -0.478 e. The second kappa shape index (κ2) is 13.0. The lowest BCUT2D eigenvalue weighted by atomic mass is 10.0. The molecule has 6 aromatic carbocycles. The van der Waals surface area contributed by atoms with Crippen LogP contribution in [0.1, 0.15) is 20.7 Å². The number of carboxylic acids is 2. The van der Waals surface area contributed by atoms with Gasteiger partial charge >= 0.3 is 11.9 Å². The number of carbonyl (C=O) groups is 2. The molecule has 0 saturated heterocycles. The Balaban J connectivity index is 1.10. The van der Waals surface area contributed by atoms with Gasteiger partial charge in [-0.1, -0.05) is 60.7 Å². The normalized spacial score (nSPS) is 11.1. The van der Waals surface area contributed by atoms with E-state index in [0.29, 0.717) is 56.3 Å². The quantitative estimate of drug-likeness (QED) is 0.163. The highest BCUT2D eigenvalue weighted by atomic mass is 16.5. The monoisotopic (exact) mass is 666 g/mol. The average Bonchev–Trinajstić information content (AvgIpc) is 3.17. The molecule has 0 amide bonds. The fourth-order valence-electron chi connectivity index (χ4n) is 5.87. The van der Waals surface area contributed by atoms with E-state index in [4.69, 9.17) is 24.7 Å². The van der Waals surface area contributed by atoms with E-state index in [0.717, 1.165) is 22.3 Å². The minimum atomic E-state index is -1.03. The molecule has 8 rings (SSSR count). The van der Waals surface area contributed by atoms with Crippen molar-refractivity contribution in [1.82, 2.24) is 19.9 Å². The van der Waals surface area contributed by atoms with Gasteiger partial charge < -0.3 is 14.9 Å². The van der Waals surface area contributed by atoms with Gasteiger partial charge in [0.1, 0.15) is 11.5 Å². The molecule has 0 fully saturated rings. The molecule has 0 aliphatic carbocycles. The zero-order valence-electron chi connectivity index (χ0n) is 26.8. The summed E-state index contributed by atoms with van der Waals surface area (Å²) < 4.78 is 6.22. The molecule has 0 aliphatic rings. The van der Waals surface area contributed by atoms with E-state index in [2.05, 4.69) is 0 Å². The number of benzene rings is 6. The van der Waals surface area contributed by atoms with Gasteiger partial charge in [0, 0.05) is 22.3 Å². The van der Waals surface area contributed by atoms with Crippen molar-refractivity contribution in [3.8, 4) is 56.5 Å². The number of hydrogen-bond acceptors (Lipinski definition) is 7. The Morgan fingerprint density at radius 1 is 0.392 bits per heavy atom. The van der Waals surface area contributed by atoms with E-state index < -0.39 is 11.9 Å². The van der Waals surface area contributed by atoms with Crippen LogP contribution in [0.25, 0.3) is 67.1 Å². The van der Waals surface area contributed by atoms with Crippen LogP contribution >= 0.6 is 0 Å². The molecule has 51 heavy (non-hydrogen) atoms. The highest BCUT2D eigenvalue weighted by Crippen LogP contribution is 2.35. The van der Waals surface area contributed by atoms with Crippen LogP contribution in [0.5, 0.6) is 11.5 Å². The van der Waals surface area contributed by atoms with Gasteiger partial charge in [-0.05, 0) is 84.9 Å². The third-order valence-electron chi connectivity index (χ3n) is 8.41. The lowest BCUT2D eigenvalue weighted by Gasteiger charge is -2.13. The second-order valence-electron chi connectivity index (χ2n) is 11.7. The molecule has 2 N–H and O–H groups in total. The number of aromatic carboxylic acids is 2. The van der Waals surface area contributed by atoms with Crippen molar-refractivity contribution < 1.29 is 24.5 Å². The van der Waals surface area contributed by atoms with Crippen LogP contribution in [0.2, 0.25) is 0 Å². The summed E-state index contributed by atoms with van der Waals surface area (Å²) >= 11 is 0. The molecule has 2 heterocycles. The van der Waals surface area contributed by atoms with Crippen molar-refractivity contribution in [2.45, 2.75) is 0 Å². The fraction of sp³-hybridized carbons (Fsp3) is 0. The summed E-state index contributed by atoms with van der Waals surface area (Å²) in [6.45, 7) is 0. The van der Waals surface area contributed by atoms with E-state index in [1.54, 1.807) is 12.1 Å². The third kappa shape index (κ3) is 6.23. The van der Waals surface area contributed by atoms with Gasteiger partial charge in [0.25, 0.3) is 0 Å². The van der Waals surface area contributed by atoms with E-state index in [1.807, 2.05) is 109 Å². The van der Waals surface area contributed by atoms with Gasteiger partial charge in [0.15, 0.2) is 0 Å². The number of carboxylic acid groups (broad SMARTS) is 2. The topological polar surface area (TPSA) is 135 Å². The molecule has 9 nitrogen and oxygen atoms in total. The smallest absolute Gasteiger partial charge is 0.335 e. The van der Waals surface area contributed by atoms with Crippen molar-refractivity contribution >= 4 is 34.0 Å². The third-order valence-corrected chi connectivity index (χ3v) is 8.41. The predicted octanol–water partition coefficient (Wildman–Crippen LogP) is 9.43. The average molecular weight is 667 g/mol. The number of hydrogen-bond donors (Lipinski definition) is 2. The molecule has 2 aromatic heterocycles. The van der Waals surface area contributed by atoms with Crippen LogP contribution in [-0.2, 0) is 0 Å². The van der Waals surface area contributed by atoms with Crippen LogP contribution < -0.4 is 4.74 Å². The molecule has 8 aromatic rings. The molecule has 244 valence electrons. The van der Waals surface area contributed by atoms with Gasteiger partial charge in [0.05, 0.1) is 56.0 Å². The summed E-state index contributed by atoms with van der Waals surface area (Å²) in [4.78, 5) is 42.7. The fourth-order valence-corrected chi connectivity index (χ4v) is 5.87. The molecule has 0 saturated carbocycles. The minimum absolute atomic E-state index is 0.142. The van der Waals surface area contributed by atoms with Crippen molar-refractivity contribution in [3.63, 3.8) is 0 Å². The van der Waals surface area contributed by atoms with Crippen LogP contribution in [0, 0.1) is 0 Å². The highest BCUT2D eigenvalue weighted by molar-refractivity contribution is 5.95. The molecule has 0 spiro atoms. The second-order valence-corrected chi connectivity index (χ2v) is 11.7. The Labute approximate surface area is 291 Å². The number of aromatic nitrogens is 4. The van der Waals surface area contributed by atoms with Gasteiger partial charge in [-0.15, -0.1) is 0 Å². The predicted molar refractivity (Wildman–Crippen MR) is 195 cm³/mol. The molecule has 0 aliphatic heterocycles. The van der Waals surface area contributed by atoms with Crippen molar-refractivity contribution in [2.24, 2.45) is 0 Å². The number of rotatable bonds is 8. The molecule has 0 radical (unpaired) electrons. The summed E-state index contributed by atoms with van der Waals surface area (Å²) in [5, 5.41) is 19.0. The molecule has 9 heteroatoms. The van der Waals surface area contributed by atoms with Crippen LogP contribution in [0.15, 0.2) is 146 Å². The Morgan fingerprint density at radius 2 is 0.725 bits per heavy atom. The zero-order chi connectivity index (χ0) is 34.9. The largest absolute Gasteiger partial charge is 0.478 e. The standard InChI is InChI=1S/C42H26N4O5/c47-41(48)29-16-22-34-35(23-29)45-38(26-9-5-2-6-10-26)39(44-34)27-11-17-31(18-12-27)51-32-19-13-28(14-20-32)40-37(25-7-3-1-4-8-25)43-33-21-15-30(42(49)50)24-36(33)46-40/h1-24H,(H,47,48)(H,49,50). The zero-order valence-corrected chi connectivity index (χ0v) is 26.8. The Hall–Kier alpha value is -7.26. The first-order valence-corrected chi connectivity index (χ1v) is 16.0. The van der Waals surface area contributed by atoms with Gasteiger partial charge in [-0.25, -0.2) is 29.5 Å². The first kappa shape index (κ1) is 31.0. The van der Waals surface area contributed by atoms with Crippen molar-refractivity contribution in [2.75, 3.05) is 0 Å². The summed E-state index contributed by atoms with van der Waals surface area (Å²) in [5.74, 6) is -0.826. The molecule has 0 bridgehead atoms. The maximum Gasteiger partial charge on any atom is 0.335 e. The maximum atomic E-state index is 11.6. The number of ether oxygens (including phenoxy) is 1.